The number of amides is 1. The van der Waals surface area contributed by atoms with E-state index in [1.54, 1.807) is 24.0 Å². The lowest BCUT2D eigenvalue weighted by Crippen LogP contribution is -2.41. The molecule has 0 bridgehead atoms. The molecule has 2 atom stereocenters. The molecule has 2 unspecified atom stereocenters. The lowest BCUT2D eigenvalue weighted by molar-refractivity contribution is -0.131. The van der Waals surface area contributed by atoms with Crippen molar-refractivity contribution in [2.75, 3.05) is 13.1 Å². The number of hydrogen-bond donors (Lipinski definition) is 1. The van der Waals surface area contributed by atoms with Gasteiger partial charge >= 0.3 is 0 Å². The van der Waals surface area contributed by atoms with Gasteiger partial charge in [-0.3, -0.25) is 4.79 Å². The van der Waals surface area contributed by atoms with E-state index in [1.807, 2.05) is 12.1 Å². The molecule has 5 heteroatoms. The van der Waals surface area contributed by atoms with Gasteiger partial charge in [-0.05, 0) is 25.1 Å². The van der Waals surface area contributed by atoms with Crippen LogP contribution in [0, 0.1) is 0 Å². The molecule has 0 saturated carbocycles. The molecule has 1 aliphatic heterocycles. The van der Waals surface area contributed by atoms with E-state index in [9.17, 15) is 4.79 Å². The molecule has 1 amide bonds. The van der Waals surface area contributed by atoms with Crippen molar-refractivity contribution in [3.63, 3.8) is 0 Å². The highest BCUT2D eigenvalue weighted by Gasteiger charge is 2.28. The Hall–Kier alpha value is -1.26. The predicted molar refractivity (Wildman–Crippen MR) is 70.7 cm³/mol. The number of likely N-dealkylation sites (tertiary alicyclic amines) is 1. The first-order valence-corrected chi connectivity index (χ1v) is 6.40. The lowest BCUT2D eigenvalue weighted by Gasteiger charge is -2.19. The third kappa shape index (κ3) is 3.15. The van der Waals surface area contributed by atoms with Crippen molar-refractivity contribution in [3.8, 4) is 5.75 Å². The van der Waals surface area contributed by atoms with Crippen molar-refractivity contribution in [3.05, 3.63) is 29.3 Å². The first-order chi connectivity index (χ1) is 8.56. The molecular weight excluding hydrogens is 252 g/mol. The van der Waals surface area contributed by atoms with Crippen molar-refractivity contribution in [2.24, 2.45) is 5.73 Å². The van der Waals surface area contributed by atoms with Crippen LogP contribution in [0.15, 0.2) is 24.3 Å². The Kier molecular flexibility index (Phi) is 4.09. The average molecular weight is 269 g/mol. The summed E-state index contributed by atoms with van der Waals surface area (Å²) in [5.74, 6) is 0.717. The Bertz CT molecular complexity index is 437. The van der Waals surface area contributed by atoms with Gasteiger partial charge in [-0.2, -0.15) is 0 Å². The Morgan fingerprint density at radius 1 is 1.61 bits per heavy atom. The predicted octanol–water partition coefficient (Wildman–Crippen LogP) is 1.67. The molecule has 98 valence electrons. The molecule has 1 saturated heterocycles. The summed E-state index contributed by atoms with van der Waals surface area (Å²) in [6.45, 7) is 2.99. The number of nitrogens with two attached hydrogens (primary N) is 1. The molecule has 0 aromatic heterocycles. The number of halogens is 1. The van der Waals surface area contributed by atoms with Gasteiger partial charge in [0.2, 0.25) is 5.91 Å². The molecule has 0 aliphatic carbocycles. The summed E-state index contributed by atoms with van der Waals surface area (Å²) >= 11 is 5.89. The molecule has 1 fully saturated rings. The van der Waals surface area contributed by atoms with Crippen LogP contribution < -0.4 is 10.5 Å². The fraction of sp³-hybridized carbons (Fsp3) is 0.462. The molecule has 1 aliphatic rings. The number of rotatable bonds is 3. The van der Waals surface area contributed by atoms with Crippen LogP contribution in [0.2, 0.25) is 5.02 Å². The molecule has 0 radical (unpaired) electrons. The zero-order chi connectivity index (χ0) is 13.1. The highest BCUT2D eigenvalue weighted by atomic mass is 35.5. The van der Waals surface area contributed by atoms with Crippen molar-refractivity contribution >= 4 is 17.5 Å². The second-order valence-electron chi connectivity index (χ2n) is 4.56. The smallest absolute Gasteiger partial charge is 0.239 e. The van der Waals surface area contributed by atoms with Gasteiger partial charge in [0.1, 0.15) is 11.9 Å². The van der Waals surface area contributed by atoms with Crippen LogP contribution in [-0.4, -0.2) is 36.0 Å². The molecule has 1 heterocycles. The van der Waals surface area contributed by atoms with Gasteiger partial charge in [-0.25, -0.2) is 0 Å². The zero-order valence-corrected chi connectivity index (χ0v) is 11.1. The average Bonchev–Trinajstić information content (AvgIpc) is 2.76. The van der Waals surface area contributed by atoms with Gasteiger partial charge in [0.05, 0.1) is 12.6 Å². The molecule has 4 nitrogen and oxygen atoms in total. The fourth-order valence-electron chi connectivity index (χ4n) is 2.05. The van der Waals surface area contributed by atoms with E-state index in [0.717, 1.165) is 12.2 Å². The third-order valence-corrected chi connectivity index (χ3v) is 3.18. The van der Waals surface area contributed by atoms with Crippen molar-refractivity contribution in [1.82, 2.24) is 4.90 Å². The van der Waals surface area contributed by atoms with Gasteiger partial charge in [0.25, 0.3) is 0 Å². The number of ether oxygens (including phenoxy) is 1. The van der Waals surface area contributed by atoms with E-state index in [1.165, 1.54) is 0 Å². The Labute approximate surface area is 112 Å². The maximum Gasteiger partial charge on any atom is 0.239 e. The summed E-state index contributed by atoms with van der Waals surface area (Å²) in [4.78, 5) is 13.5. The van der Waals surface area contributed by atoms with Crippen LogP contribution in [0.3, 0.4) is 0 Å². The van der Waals surface area contributed by atoms with Crippen molar-refractivity contribution in [1.29, 1.82) is 0 Å². The fourth-order valence-corrected chi connectivity index (χ4v) is 2.23. The highest BCUT2D eigenvalue weighted by molar-refractivity contribution is 6.30. The minimum Gasteiger partial charge on any atom is -0.488 e. The van der Waals surface area contributed by atoms with E-state index < -0.39 is 6.04 Å². The van der Waals surface area contributed by atoms with Crippen LogP contribution in [0.25, 0.3) is 0 Å². The zero-order valence-electron chi connectivity index (χ0n) is 10.3. The van der Waals surface area contributed by atoms with Crippen LogP contribution in [0.4, 0.5) is 0 Å². The molecule has 1 aromatic rings. The third-order valence-electron chi connectivity index (χ3n) is 2.95. The summed E-state index contributed by atoms with van der Waals surface area (Å²) in [5, 5.41) is 0.647. The van der Waals surface area contributed by atoms with Crippen molar-refractivity contribution in [2.45, 2.75) is 25.5 Å². The first-order valence-electron chi connectivity index (χ1n) is 6.03. The van der Waals surface area contributed by atoms with Crippen LogP contribution >= 0.6 is 11.6 Å². The van der Waals surface area contributed by atoms with Gasteiger partial charge in [0, 0.05) is 18.0 Å². The SMILES string of the molecule is CC(N)C(=O)N1CCC(Oc2cccc(Cl)c2)C1. The summed E-state index contributed by atoms with van der Waals surface area (Å²) in [7, 11) is 0. The van der Waals surface area contributed by atoms with E-state index in [-0.39, 0.29) is 12.0 Å². The molecule has 1 aromatic carbocycles. The number of nitrogens with zero attached hydrogens (tertiary/aromatic N) is 1. The molecular formula is C13H17ClN2O2. The number of hydrogen-bond acceptors (Lipinski definition) is 3. The van der Waals surface area contributed by atoms with Crippen molar-refractivity contribution < 1.29 is 9.53 Å². The summed E-state index contributed by atoms with van der Waals surface area (Å²) in [6.07, 6.45) is 0.844. The monoisotopic (exact) mass is 268 g/mol. The van der Waals surface area contributed by atoms with Gasteiger partial charge < -0.3 is 15.4 Å². The van der Waals surface area contributed by atoms with Crippen LogP contribution in [0.5, 0.6) is 5.75 Å². The molecule has 2 rings (SSSR count). The second-order valence-corrected chi connectivity index (χ2v) is 5.00. The summed E-state index contributed by atoms with van der Waals surface area (Å²) in [5.41, 5.74) is 5.58. The van der Waals surface area contributed by atoms with E-state index in [2.05, 4.69) is 0 Å². The molecule has 18 heavy (non-hydrogen) atoms. The van der Waals surface area contributed by atoms with Crippen LogP contribution in [-0.2, 0) is 4.79 Å². The Balaban J connectivity index is 1.92. The topological polar surface area (TPSA) is 55.6 Å². The quantitative estimate of drug-likeness (QED) is 0.907. The number of benzene rings is 1. The highest BCUT2D eigenvalue weighted by Crippen LogP contribution is 2.21. The van der Waals surface area contributed by atoms with E-state index in [4.69, 9.17) is 22.1 Å². The maximum absolute atomic E-state index is 11.7. The lowest BCUT2D eigenvalue weighted by atomic mass is 10.3. The Morgan fingerprint density at radius 2 is 2.39 bits per heavy atom. The second kappa shape index (κ2) is 5.59. The Morgan fingerprint density at radius 3 is 3.06 bits per heavy atom. The summed E-state index contributed by atoms with van der Waals surface area (Å²) in [6, 6.07) is 6.83. The standard InChI is InChI=1S/C13H17ClN2O2/c1-9(15)13(17)16-6-5-12(8-16)18-11-4-2-3-10(14)7-11/h2-4,7,9,12H,5-6,8,15H2,1H3. The number of carbonyl (C=O) groups excluding carboxylic acids is 1. The van der Waals surface area contributed by atoms with E-state index >= 15 is 0 Å². The van der Waals surface area contributed by atoms with Gasteiger partial charge in [-0.15, -0.1) is 0 Å². The van der Waals surface area contributed by atoms with Crippen LogP contribution in [0.1, 0.15) is 13.3 Å². The molecule has 2 N–H and O–H groups in total. The maximum atomic E-state index is 11.7. The van der Waals surface area contributed by atoms with Gasteiger partial charge in [0.15, 0.2) is 0 Å². The largest absolute Gasteiger partial charge is 0.488 e. The van der Waals surface area contributed by atoms with Gasteiger partial charge in [-0.1, -0.05) is 17.7 Å². The normalized spacial score (nSPS) is 20.8. The summed E-state index contributed by atoms with van der Waals surface area (Å²) < 4.78 is 5.80. The molecule has 0 spiro atoms. The first kappa shape index (κ1) is 13.2. The minimum absolute atomic E-state index is 0.0196. The van der Waals surface area contributed by atoms with E-state index in [0.29, 0.717) is 18.1 Å². The number of carbonyl (C=O) groups is 1. The minimum atomic E-state index is -0.449.